The first-order valence-corrected chi connectivity index (χ1v) is 11.5. The first kappa shape index (κ1) is 19.4. The van der Waals surface area contributed by atoms with E-state index in [9.17, 15) is 5.11 Å². The van der Waals surface area contributed by atoms with Crippen LogP contribution in [-0.4, -0.2) is 20.4 Å². The van der Waals surface area contributed by atoms with E-state index in [0.717, 1.165) is 24.9 Å². The normalized spacial score (nSPS) is 13.9. The number of rotatable bonds is 5. The number of halogens is 2. The highest BCUT2D eigenvalue weighted by Gasteiger charge is 2.20. The van der Waals surface area contributed by atoms with Crippen LogP contribution in [0.2, 0.25) is 0 Å². The Balaban J connectivity index is 1.70. The van der Waals surface area contributed by atoms with Crippen LogP contribution >= 0.6 is 56.3 Å². The fourth-order valence-electron chi connectivity index (χ4n) is 3.24. The van der Waals surface area contributed by atoms with E-state index in [4.69, 9.17) is 0 Å². The van der Waals surface area contributed by atoms with E-state index >= 15 is 0 Å². The van der Waals surface area contributed by atoms with Gasteiger partial charge in [0.2, 0.25) is 0 Å². The molecule has 1 aromatic heterocycles. The van der Waals surface area contributed by atoms with E-state index in [1.807, 2.05) is 42.5 Å². The molecule has 0 fully saturated rings. The van der Waals surface area contributed by atoms with Gasteiger partial charge in [-0.05, 0) is 48.5 Å². The van der Waals surface area contributed by atoms with Gasteiger partial charge in [0.05, 0.1) is 17.2 Å². The number of aromatic nitrogens is 1. The average molecular weight is 523 g/mol. The molecule has 0 bridgehead atoms. The Bertz CT molecular complexity index is 1040. The van der Waals surface area contributed by atoms with Crippen LogP contribution in [0, 0.1) is 0 Å². The third-order valence-electron chi connectivity index (χ3n) is 4.49. The predicted octanol–water partition coefficient (Wildman–Crippen LogP) is 6.73. The molecule has 2 atom stereocenters. The summed E-state index contributed by atoms with van der Waals surface area (Å²) in [6.07, 6.45) is -0.593. The van der Waals surface area contributed by atoms with E-state index in [-0.39, 0.29) is 4.58 Å². The molecule has 4 rings (SSSR count). The number of nitrogens with zero attached hydrogens (tertiary/aromatic N) is 1. The van der Waals surface area contributed by atoms with Crippen LogP contribution in [0.15, 0.2) is 80.6 Å². The highest BCUT2D eigenvalue weighted by atomic mass is 79.9. The molecule has 3 aromatic carbocycles. The highest BCUT2D eigenvalue weighted by Crippen LogP contribution is 2.34. The van der Waals surface area contributed by atoms with Gasteiger partial charge in [0.15, 0.2) is 0 Å². The van der Waals surface area contributed by atoms with Crippen molar-refractivity contribution in [2.75, 3.05) is 0 Å². The molecule has 1 N–H and O–H groups in total. The van der Waals surface area contributed by atoms with Crippen molar-refractivity contribution in [2.45, 2.75) is 22.1 Å². The number of hydrogen-bond acceptors (Lipinski definition) is 3. The summed E-state index contributed by atoms with van der Waals surface area (Å²) in [6.45, 7) is 0.483. The molecular formula is C21H17Br2NOS2. The predicted molar refractivity (Wildman–Crippen MR) is 126 cm³/mol. The number of fused-ring (bicyclic) bond motifs is 3. The quantitative estimate of drug-likeness (QED) is 0.172. The first-order valence-electron chi connectivity index (χ1n) is 8.48. The lowest BCUT2D eigenvalue weighted by atomic mass is 10.2. The topological polar surface area (TPSA) is 25.2 Å². The summed E-state index contributed by atoms with van der Waals surface area (Å²) in [4.78, 5) is 1.10. The number of thiol groups is 1. The van der Waals surface area contributed by atoms with Crippen LogP contribution in [0.4, 0.5) is 0 Å². The van der Waals surface area contributed by atoms with E-state index in [0.29, 0.717) is 6.54 Å². The second kappa shape index (κ2) is 8.21. The molecule has 2 nitrogen and oxygen atoms in total. The SMILES string of the molecule is OC(Cn1c2ccc(Br)cc2c2cc(Br)ccc21)C(S)Sc1ccccc1. The Morgan fingerprint density at radius 1 is 0.889 bits per heavy atom. The molecule has 0 aliphatic carbocycles. The van der Waals surface area contributed by atoms with Crippen LogP contribution in [0.1, 0.15) is 0 Å². The maximum absolute atomic E-state index is 10.8. The Morgan fingerprint density at radius 2 is 1.44 bits per heavy atom. The summed E-state index contributed by atoms with van der Waals surface area (Å²) >= 11 is 13.4. The van der Waals surface area contributed by atoms with Gasteiger partial charge in [-0.2, -0.15) is 12.6 Å². The largest absolute Gasteiger partial charge is 0.389 e. The summed E-state index contributed by atoms with van der Waals surface area (Å²) in [5.74, 6) is 0. The molecule has 0 spiro atoms. The minimum atomic E-state index is -0.593. The lowest BCUT2D eigenvalue weighted by molar-refractivity contribution is 0.174. The second-order valence-corrected chi connectivity index (χ2v) is 10.3. The second-order valence-electron chi connectivity index (χ2n) is 6.32. The fourth-order valence-corrected chi connectivity index (χ4v) is 5.26. The zero-order chi connectivity index (χ0) is 19.0. The van der Waals surface area contributed by atoms with Crippen molar-refractivity contribution >= 4 is 78.1 Å². The molecular weight excluding hydrogens is 506 g/mol. The molecule has 0 aliphatic rings. The van der Waals surface area contributed by atoms with Gasteiger partial charge in [-0.15, -0.1) is 11.8 Å². The summed E-state index contributed by atoms with van der Waals surface area (Å²) < 4.78 is 4.05. The van der Waals surface area contributed by atoms with Crippen LogP contribution < -0.4 is 0 Å². The molecule has 0 amide bonds. The maximum Gasteiger partial charge on any atom is 0.0929 e. The van der Waals surface area contributed by atoms with Crippen LogP contribution in [-0.2, 0) is 6.54 Å². The summed E-state index contributed by atoms with van der Waals surface area (Å²) in [5, 5.41) is 13.2. The Hall–Kier alpha value is -0.920. The third-order valence-corrected chi connectivity index (χ3v) is 7.23. The summed E-state index contributed by atoms with van der Waals surface area (Å²) in [5.41, 5.74) is 2.21. The molecule has 4 aromatic rings. The first-order chi connectivity index (χ1) is 13.0. The van der Waals surface area contributed by atoms with Crippen LogP contribution in [0.5, 0.6) is 0 Å². The van der Waals surface area contributed by atoms with Gasteiger partial charge in [0, 0.05) is 35.6 Å². The highest BCUT2D eigenvalue weighted by molar-refractivity contribution is 9.10. The molecule has 0 aliphatic heterocycles. The molecule has 1 heterocycles. The molecule has 0 saturated carbocycles. The van der Waals surface area contributed by atoms with Gasteiger partial charge in [0.25, 0.3) is 0 Å². The smallest absolute Gasteiger partial charge is 0.0929 e. The zero-order valence-corrected chi connectivity index (χ0v) is 19.1. The summed E-state index contributed by atoms with van der Waals surface area (Å²) in [7, 11) is 0. The van der Waals surface area contributed by atoms with E-state index < -0.39 is 6.10 Å². The fraction of sp³-hybridized carbons (Fsp3) is 0.143. The van der Waals surface area contributed by atoms with E-state index in [2.05, 4.69) is 73.3 Å². The molecule has 6 heteroatoms. The monoisotopic (exact) mass is 521 g/mol. The van der Waals surface area contributed by atoms with Gasteiger partial charge in [0.1, 0.15) is 0 Å². The lowest BCUT2D eigenvalue weighted by Gasteiger charge is -2.19. The zero-order valence-electron chi connectivity index (χ0n) is 14.2. The molecule has 2 unspecified atom stereocenters. The molecule has 0 radical (unpaired) electrons. The van der Waals surface area contributed by atoms with Gasteiger partial charge in [-0.25, -0.2) is 0 Å². The van der Waals surface area contributed by atoms with Crippen molar-refractivity contribution in [3.8, 4) is 0 Å². The number of hydrogen-bond donors (Lipinski definition) is 2. The average Bonchev–Trinajstić information content (AvgIpc) is 2.95. The number of thioether (sulfide) groups is 1. The number of benzene rings is 3. The van der Waals surface area contributed by atoms with Crippen molar-refractivity contribution < 1.29 is 5.11 Å². The number of aliphatic hydroxyl groups is 1. The van der Waals surface area contributed by atoms with Crippen molar-refractivity contribution in [3.05, 3.63) is 75.7 Å². The standard InChI is InChI=1S/C21H17Br2NOS2/c22-13-6-8-18-16(10-13)17-11-14(23)7-9-19(17)24(18)12-20(25)21(26)27-15-4-2-1-3-5-15/h1-11,20-21,25-26H,12H2. The molecule has 0 saturated heterocycles. The molecule has 27 heavy (non-hydrogen) atoms. The third kappa shape index (κ3) is 4.10. The van der Waals surface area contributed by atoms with Gasteiger partial charge >= 0.3 is 0 Å². The van der Waals surface area contributed by atoms with Crippen LogP contribution in [0.25, 0.3) is 21.8 Å². The van der Waals surface area contributed by atoms with Crippen molar-refractivity contribution in [1.82, 2.24) is 4.57 Å². The molecule has 138 valence electrons. The summed E-state index contributed by atoms with van der Waals surface area (Å²) in [6, 6.07) is 22.6. The van der Waals surface area contributed by atoms with Gasteiger partial charge in [-0.3, -0.25) is 0 Å². The maximum atomic E-state index is 10.8. The minimum Gasteiger partial charge on any atom is -0.389 e. The van der Waals surface area contributed by atoms with Crippen molar-refractivity contribution in [2.24, 2.45) is 0 Å². The van der Waals surface area contributed by atoms with Gasteiger partial charge < -0.3 is 9.67 Å². The Labute approximate surface area is 184 Å². The Morgan fingerprint density at radius 3 is 2.00 bits per heavy atom. The van der Waals surface area contributed by atoms with E-state index in [1.165, 1.54) is 10.8 Å². The lowest BCUT2D eigenvalue weighted by Crippen LogP contribution is -2.24. The van der Waals surface area contributed by atoms with Crippen molar-refractivity contribution in [1.29, 1.82) is 0 Å². The number of aliphatic hydroxyl groups excluding tert-OH is 1. The Kier molecular flexibility index (Phi) is 5.90. The minimum absolute atomic E-state index is 0.217. The van der Waals surface area contributed by atoms with Crippen LogP contribution in [0.3, 0.4) is 0 Å². The van der Waals surface area contributed by atoms with Gasteiger partial charge in [-0.1, -0.05) is 50.1 Å². The van der Waals surface area contributed by atoms with E-state index in [1.54, 1.807) is 11.8 Å². The van der Waals surface area contributed by atoms with Crippen molar-refractivity contribution in [3.63, 3.8) is 0 Å².